The molecule has 2 rings (SSSR count). The monoisotopic (exact) mass is 319 g/mol. The fourth-order valence-corrected chi connectivity index (χ4v) is 2.11. The van der Waals surface area contributed by atoms with Crippen molar-refractivity contribution in [3.8, 4) is 0 Å². The predicted molar refractivity (Wildman–Crippen MR) is 72.0 cm³/mol. The number of halogens is 4. The zero-order valence-electron chi connectivity index (χ0n) is 12.4. The highest BCUT2D eigenvalue weighted by atomic mass is 19.4. The van der Waals surface area contributed by atoms with Crippen LogP contribution in [0.1, 0.15) is 38.3 Å². The molecule has 2 atom stereocenters. The molecule has 22 heavy (non-hydrogen) atoms. The van der Waals surface area contributed by atoms with Crippen LogP contribution in [0.5, 0.6) is 0 Å². The molecule has 0 radical (unpaired) electrons. The quantitative estimate of drug-likeness (QED) is 0.831. The molecular weight excluding hydrogens is 302 g/mol. The average molecular weight is 319 g/mol. The van der Waals surface area contributed by atoms with Gasteiger partial charge in [-0.15, -0.1) is 0 Å². The predicted octanol–water partition coefficient (Wildman–Crippen LogP) is 4.17. The van der Waals surface area contributed by atoms with Crippen LogP contribution in [0.3, 0.4) is 0 Å². The fourth-order valence-electron chi connectivity index (χ4n) is 2.11. The lowest BCUT2D eigenvalue weighted by molar-refractivity contribution is -0.137. The Hall–Kier alpha value is -1.79. The van der Waals surface area contributed by atoms with Gasteiger partial charge in [0.2, 0.25) is 0 Å². The zero-order valence-corrected chi connectivity index (χ0v) is 12.4. The highest BCUT2D eigenvalue weighted by Gasteiger charge is 2.58. The molecule has 1 fully saturated rings. The summed E-state index contributed by atoms with van der Waals surface area (Å²) in [4.78, 5) is 11.6. The van der Waals surface area contributed by atoms with E-state index in [0.29, 0.717) is 0 Å². The summed E-state index contributed by atoms with van der Waals surface area (Å²) in [6, 6.07) is 3.07. The van der Waals surface area contributed by atoms with Gasteiger partial charge < -0.3 is 10.1 Å². The Morgan fingerprint density at radius 1 is 1.23 bits per heavy atom. The molecule has 122 valence electrons. The van der Waals surface area contributed by atoms with E-state index in [0.717, 1.165) is 24.3 Å². The van der Waals surface area contributed by atoms with Gasteiger partial charge in [-0.1, -0.05) is 12.1 Å². The third-order valence-electron chi connectivity index (χ3n) is 3.28. The fraction of sp³-hybridized carbons (Fsp3) is 0.533. The molecule has 0 spiro atoms. The first-order valence-electron chi connectivity index (χ1n) is 6.78. The Labute approximate surface area is 125 Å². The first-order valence-corrected chi connectivity index (χ1v) is 6.78. The lowest BCUT2D eigenvalue weighted by Gasteiger charge is -2.20. The van der Waals surface area contributed by atoms with Gasteiger partial charge in [-0.3, -0.25) is 0 Å². The first kappa shape index (κ1) is 16.6. The maximum Gasteiger partial charge on any atom is 0.416 e. The Morgan fingerprint density at radius 3 is 2.23 bits per heavy atom. The lowest BCUT2D eigenvalue weighted by Crippen LogP contribution is -2.35. The number of hydrogen-bond acceptors (Lipinski definition) is 2. The van der Waals surface area contributed by atoms with Gasteiger partial charge in [-0.25, -0.2) is 9.18 Å². The summed E-state index contributed by atoms with van der Waals surface area (Å²) in [7, 11) is 0. The van der Waals surface area contributed by atoms with Crippen LogP contribution in [0.25, 0.3) is 0 Å². The highest BCUT2D eigenvalue weighted by Crippen LogP contribution is 2.50. The summed E-state index contributed by atoms with van der Waals surface area (Å²) in [6.45, 7) is 5.04. The SMILES string of the molecule is CC(C)(C)OC(=O)N[C@H]1C[C@]1(F)c1ccc(C(F)(F)F)cc1. The Balaban J connectivity index is 2.01. The zero-order chi connectivity index (χ0) is 16.8. The molecule has 0 heterocycles. The van der Waals surface area contributed by atoms with Crippen LogP contribution >= 0.6 is 0 Å². The van der Waals surface area contributed by atoms with Crippen molar-refractivity contribution in [1.82, 2.24) is 5.32 Å². The second-order valence-electron chi connectivity index (χ2n) is 6.34. The minimum Gasteiger partial charge on any atom is -0.444 e. The molecule has 1 saturated carbocycles. The molecule has 0 aromatic heterocycles. The molecule has 1 aromatic rings. The summed E-state index contributed by atoms with van der Waals surface area (Å²) in [6.07, 6.45) is -5.19. The lowest BCUT2D eigenvalue weighted by atomic mass is 10.1. The van der Waals surface area contributed by atoms with Gasteiger partial charge in [0.05, 0.1) is 11.6 Å². The van der Waals surface area contributed by atoms with Crippen LogP contribution < -0.4 is 5.32 Å². The van der Waals surface area contributed by atoms with E-state index in [1.165, 1.54) is 0 Å². The molecule has 0 aliphatic heterocycles. The van der Waals surface area contributed by atoms with Crippen LogP contribution in [-0.2, 0) is 16.6 Å². The van der Waals surface area contributed by atoms with Crippen LogP contribution in [0.2, 0.25) is 0 Å². The highest BCUT2D eigenvalue weighted by molar-refractivity contribution is 5.69. The van der Waals surface area contributed by atoms with Gasteiger partial charge in [-0.05, 0) is 38.5 Å². The van der Waals surface area contributed by atoms with Crippen LogP contribution in [-0.4, -0.2) is 17.7 Å². The second-order valence-corrected chi connectivity index (χ2v) is 6.34. The van der Waals surface area contributed by atoms with Crippen molar-refractivity contribution in [3.05, 3.63) is 35.4 Å². The van der Waals surface area contributed by atoms with Crippen LogP contribution in [0.15, 0.2) is 24.3 Å². The number of alkyl halides is 4. The number of ether oxygens (including phenoxy) is 1. The second kappa shape index (κ2) is 5.14. The van der Waals surface area contributed by atoms with E-state index in [1.807, 2.05) is 0 Å². The first-order chi connectivity index (χ1) is 9.92. The van der Waals surface area contributed by atoms with E-state index in [1.54, 1.807) is 20.8 Å². The third-order valence-corrected chi connectivity index (χ3v) is 3.28. The average Bonchev–Trinajstić information content (AvgIpc) is 2.97. The molecule has 1 aliphatic carbocycles. The summed E-state index contributed by atoms with van der Waals surface area (Å²) in [5.41, 5.74) is -3.27. The molecule has 0 saturated heterocycles. The third kappa shape index (κ3) is 3.69. The number of hydrogen-bond donors (Lipinski definition) is 1. The normalized spacial score (nSPS) is 24.8. The summed E-state index contributed by atoms with van der Waals surface area (Å²) in [5.74, 6) is 0. The van der Waals surface area contributed by atoms with E-state index < -0.39 is 35.1 Å². The van der Waals surface area contributed by atoms with Crippen LogP contribution in [0, 0.1) is 0 Å². The maximum absolute atomic E-state index is 14.6. The summed E-state index contributed by atoms with van der Waals surface area (Å²) in [5, 5.41) is 2.39. The Bertz CT molecular complexity index is 562. The van der Waals surface area contributed by atoms with Gasteiger partial charge in [0, 0.05) is 6.42 Å². The van der Waals surface area contributed by atoms with E-state index in [4.69, 9.17) is 4.74 Å². The number of nitrogens with one attached hydrogen (secondary N) is 1. The van der Waals surface area contributed by atoms with E-state index in [2.05, 4.69) is 5.32 Å². The molecule has 1 aliphatic rings. The number of rotatable bonds is 2. The Kier molecular flexibility index (Phi) is 3.87. The number of carbonyl (C=O) groups is 1. The summed E-state index contributed by atoms with van der Waals surface area (Å²) < 4.78 is 57.0. The van der Waals surface area contributed by atoms with E-state index in [9.17, 15) is 22.4 Å². The van der Waals surface area contributed by atoms with E-state index >= 15 is 0 Å². The number of alkyl carbamates (subject to hydrolysis) is 1. The summed E-state index contributed by atoms with van der Waals surface area (Å²) >= 11 is 0. The molecule has 1 N–H and O–H groups in total. The van der Waals surface area contributed by atoms with E-state index in [-0.39, 0.29) is 12.0 Å². The van der Waals surface area contributed by atoms with Gasteiger partial charge in [0.15, 0.2) is 5.67 Å². The maximum atomic E-state index is 14.6. The van der Waals surface area contributed by atoms with Crippen molar-refractivity contribution in [2.45, 2.75) is 50.7 Å². The van der Waals surface area contributed by atoms with Gasteiger partial charge >= 0.3 is 12.3 Å². The molecule has 1 amide bonds. The number of carbonyl (C=O) groups excluding carboxylic acids is 1. The molecule has 0 bridgehead atoms. The van der Waals surface area contributed by atoms with Crippen molar-refractivity contribution in [2.24, 2.45) is 0 Å². The van der Waals surface area contributed by atoms with Gasteiger partial charge in [-0.2, -0.15) is 13.2 Å². The van der Waals surface area contributed by atoms with Gasteiger partial charge in [0.25, 0.3) is 0 Å². The topological polar surface area (TPSA) is 38.3 Å². The largest absolute Gasteiger partial charge is 0.444 e. The molecule has 0 unspecified atom stereocenters. The van der Waals surface area contributed by atoms with Crippen LogP contribution in [0.4, 0.5) is 22.4 Å². The van der Waals surface area contributed by atoms with Crippen molar-refractivity contribution >= 4 is 6.09 Å². The minimum atomic E-state index is -4.46. The molecule has 1 aromatic carbocycles. The number of benzene rings is 1. The number of amides is 1. The minimum absolute atomic E-state index is 0.0115. The standard InChI is InChI=1S/C15H17F4NO2/c1-13(2,3)22-12(21)20-11-8-14(11,16)9-4-6-10(7-5-9)15(17,18)19/h4-7,11H,8H2,1-3H3,(H,20,21)/t11-,14-/m0/s1. The molecular formula is C15H17F4NO2. The Morgan fingerprint density at radius 2 is 1.77 bits per heavy atom. The van der Waals surface area contributed by atoms with Crippen molar-refractivity contribution in [3.63, 3.8) is 0 Å². The van der Waals surface area contributed by atoms with Crippen molar-refractivity contribution in [2.75, 3.05) is 0 Å². The molecule has 7 heteroatoms. The van der Waals surface area contributed by atoms with Crippen molar-refractivity contribution in [1.29, 1.82) is 0 Å². The molecule has 3 nitrogen and oxygen atoms in total. The van der Waals surface area contributed by atoms with Gasteiger partial charge in [0.1, 0.15) is 5.60 Å². The van der Waals surface area contributed by atoms with Crippen molar-refractivity contribution < 1.29 is 27.1 Å². The smallest absolute Gasteiger partial charge is 0.416 e.